The molecule has 2 aliphatic heterocycles. The van der Waals surface area contributed by atoms with Gasteiger partial charge in [0.25, 0.3) is 5.91 Å². The van der Waals surface area contributed by atoms with Crippen LogP contribution in [0, 0.1) is 0 Å². The number of hydrogen-bond donors (Lipinski definition) is 0. The van der Waals surface area contributed by atoms with Gasteiger partial charge in [-0.25, -0.2) is 8.42 Å². The van der Waals surface area contributed by atoms with Crippen LogP contribution in [0.5, 0.6) is 0 Å². The Bertz CT molecular complexity index is 947. The van der Waals surface area contributed by atoms with Crippen molar-refractivity contribution in [1.29, 1.82) is 0 Å². The lowest BCUT2D eigenvalue weighted by Crippen LogP contribution is -2.40. The van der Waals surface area contributed by atoms with Crippen LogP contribution in [0.25, 0.3) is 0 Å². The summed E-state index contributed by atoms with van der Waals surface area (Å²) in [6.45, 7) is 4.33. The van der Waals surface area contributed by atoms with Crippen molar-refractivity contribution in [2.24, 2.45) is 0 Å². The van der Waals surface area contributed by atoms with Gasteiger partial charge in [0.15, 0.2) is 0 Å². The third-order valence-corrected chi connectivity index (χ3v) is 8.36. The summed E-state index contributed by atoms with van der Waals surface area (Å²) in [6, 6.07) is 8.54. The van der Waals surface area contributed by atoms with Crippen molar-refractivity contribution in [2.45, 2.75) is 30.7 Å². The minimum Gasteiger partial charge on any atom is -0.379 e. The van der Waals surface area contributed by atoms with Crippen LogP contribution in [-0.4, -0.2) is 56.4 Å². The first-order valence-corrected chi connectivity index (χ1v) is 11.9. The molecule has 0 bridgehead atoms. The van der Waals surface area contributed by atoms with Gasteiger partial charge in [0.2, 0.25) is 10.0 Å². The maximum atomic E-state index is 13.1. The molecule has 2 aromatic rings. The zero-order valence-corrected chi connectivity index (χ0v) is 17.5. The Hall–Kier alpha value is -1.74. The molecule has 1 amide bonds. The van der Waals surface area contributed by atoms with Crippen LogP contribution < -0.4 is 0 Å². The maximum absolute atomic E-state index is 13.1. The van der Waals surface area contributed by atoms with Gasteiger partial charge in [0, 0.05) is 30.1 Å². The molecule has 3 heterocycles. The predicted octanol–water partition coefficient (Wildman–Crippen LogP) is 2.92. The smallest absolute Gasteiger partial charge is 0.254 e. The van der Waals surface area contributed by atoms with Gasteiger partial charge in [0.1, 0.15) is 0 Å². The Morgan fingerprint density at radius 3 is 2.54 bits per heavy atom. The van der Waals surface area contributed by atoms with Crippen molar-refractivity contribution in [3.63, 3.8) is 0 Å². The molecular weight excluding hydrogens is 396 g/mol. The molecule has 6 nitrogen and oxygen atoms in total. The van der Waals surface area contributed by atoms with Gasteiger partial charge < -0.3 is 9.64 Å². The summed E-state index contributed by atoms with van der Waals surface area (Å²) in [4.78, 5) is 16.6. The minimum atomic E-state index is -3.55. The Balaban J connectivity index is 1.55. The number of rotatable bonds is 4. The molecule has 0 spiro atoms. The van der Waals surface area contributed by atoms with Crippen molar-refractivity contribution < 1.29 is 17.9 Å². The predicted molar refractivity (Wildman–Crippen MR) is 108 cm³/mol. The number of benzene rings is 1. The molecule has 150 valence electrons. The van der Waals surface area contributed by atoms with E-state index in [0.29, 0.717) is 38.4 Å². The van der Waals surface area contributed by atoms with Gasteiger partial charge in [-0.3, -0.25) is 4.79 Å². The van der Waals surface area contributed by atoms with E-state index in [4.69, 9.17) is 4.74 Å². The van der Waals surface area contributed by atoms with Crippen molar-refractivity contribution >= 4 is 27.3 Å². The van der Waals surface area contributed by atoms with E-state index in [1.807, 2.05) is 4.90 Å². The number of fused-ring (bicyclic) bond motifs is 1. The van der Waals surface area contributed by atoms with Crippen molar-refractivity contribution in [3.8, 4) is 0 Å². The maximum Gasteiger partial charge on any atom is 0.254 e. The molecule has 0 radical (unpaired) electrons. The van der Waals surface area contributed by atoms with Gasteiger partial charge in [-0.15, -0.1) is 11.3 Å². The largest absolute Gasteiger partial charge is 0.379 e. The highest BCUT2D eigenvalue weighted by molar-refractivity contribution is 7.89. The summed E-state index contributed by atoms with van der Waals surface area (Å²) in [5.41, 5.74) is 1.77. The number of ether oxygens (including phenoxy) is 1. The lowest BCUT2D eigenvalue weighted by molar-refractivity contribution is 0.0657. The highest BCUT2D eigenvalue weighted by Crippen LogP contribution is 2.36. The molecular formula is C20H24N2O4S2. The number of amides is 1. The van der Waals surface area contributed by atoms with Crippen LogP contribution in [0.4, 0.5) is 0 Å². The van der Waals surface area contributed by atoms with Crippen LogP contribution in [0.2, 0.25) is 0 Å². The van der Waals surface area contributed by atoms with E-state index in [0.717, 1.165) is 12.8 Å². The summed E-state index contributed by atoms with van der Waals surface area (Å²) < 4.78 is 32.2. The Kier molecular flexibility index (Phi) is 5.55. The SMILES string of the molecule is CCC1c2ccsc2CCN1C(=O)c1ccc(S(=O)(=O)N2CCOCC2)cc1. The normalized spacial score (nSPS) is 20.8. The number of carbonyl (C=O) groups excluding carboxylic acids is 1. The number of hydrogen-bond acceptors (Lipinski definition) is 5. The molecule has 4 rings (SSSR count). The monoisotopic (exact) mass is 420 g/mol. The first-order chi connectivity index (χ1) is 13.5. The highest BCUT2D eigenvalue weighted by Gasteiger charge is 2.31. The van der Waals surface area contributed by atoms with Gasteiger partial charge in [-0.1, -0.05) is 6.92 Å². The number of morpholine rings is 1. The Morgan fingerprint density at radius 2 is 1.86 bits per heavy atom. The van der Waals surface area contributed by atoms with Crippen molar-refractivity contribution in [2.75, 3.05) is 32.8 Å². The molecule has 0 N–H and O–H groups in total. The topological polar surface area (TPSA) is 66.9 Å². The second-order valence-electron chi connectivity index (χ2n) is 7.01. The first kappa shape index (κ1) is 19.6. The molecule has 0 saturated carbocycles. The second kappa shape index (κ2) is 7.94. The Morgan fingerprint density at radius 1 is 1.14 bits per heavy atom. The van der Waals surface area contributed by atoms with Crippen LogP contribution in [0.15, 0.2) is 40.6 Å². The number of sulfonamides is 1. The average Bonchev–Trinajstić information content (AvgIpc) is 3.22. The fraction of sp³-hybridized carbons (Fsp3) is 0.450. The average molecular weight is 421 g/mol. The third kappa shape index (κ3) is 3.50. The molecule has 1 fully saturated rings. The lowest BCUT2D eigenvalue weighted by Gasteiger charge is -2.35. The Labute approximate surface area is 169 Å². The summed E-state index contributed by atoms with van der Waals surface area (Å²) >= 11 is 1.75. The molecule has 1 aromatic carbocycles. The van der Waals surface area contributed by atoms with Crippen molar-refractivity contribution in [1.82, 2.24) is 9.21 Å². The molecule has 1 atom stereocenters. The zero-order chi connectivity index (χ0) is 19.7. The molecule has 1 unspecified atom stereocenters. The fourth-order valence-corrected chi connectivity index (χ4v) is 6.29. The van der Waals surface area contributed by atoms with E-state index in [1.165, 1.54) is 14.7 Å². The minimum absolute atomic E-state index is 0.0426. The standard InChI is InChI=1S/C20H24N2O4S2/c1-2-18-17-8-14-27-19(17)7-9-22(18)20(23)15-3-5-16(6-4-15)28(24,25)21-10-12-26-13-11-21/h3-6,8,14,18H,2,7,9-13H2,1H3. The van der Waals surface area contributed by atoms with E-state index >= 15 is 0 Å². The van der Waals surface area contributed by atoms with E-state index in [1.54, 1.807) is 35.6 Å². The van der Waals surface area contributed by atoms with Gasteiger partial charge in [-0.2, -0.15) is 4.31 Å². The number of thiophene rings is 1. The van der Waals surface area contributed by atoms with Gasteiger partial charge in [-0.05, 0) is 54.1 Å². The molecule has 1 saturated heterocycles. The van der Waals surface area contributed by atoms with Crippen LogP contribution in [-0.2, 0) is 21.2 Å². The van der Waals surface area contributed by atoms with Gasteiger partial charge in [0.05, 0.1) is 24.2 Å². The third-order valence-electron chi connectivity index (χ3n) is 5.45. The van der Waals surface area contributed by atoms with Crippen molar-refractivity contribution in [3.05, 3.63) is 51.7 Å². The van der Waals surface area contributed by atoms with Crippen LogP contribution in [0.1, 0.15) is 40.2 Å². The van der Waals surface area contributed by atoms with Gasteiger partial charge >= 0.3 is 0 Å². The summed E-state index contributed by atoms with van der Waals surface area (Å²) in [5, 5.41) is 2.09. The van der Waals surface area contributed by atoms with E-state index in [9.17, 15) is 13.2 Å². The molecule has 0 aliphatic carbocycles. The van der Waals surface area contributed by atoms with E-state index in [-0.39, 0.29) is 16.8 Å². The number of carbonyl (C=O) groups is 1. The summed E-state index contributed by atoms with van der Waals surface area (Å²) in [5.74, 6) is -0.0426. The van der Waals surface area contributed by atoms with E-state index < -0.39 is 10.0 Å². The summed E-state index contributed by atoms with van der Waals surface area (Å²) in [7, 11) is -3.55. The van der Waals surface area contributed by atoms with Crippen LogP contribution in [0.3, 0.4) is 0 Å². The molecule has 8 heteroatoms. The fourth-order valence-electron chi connectivity index (χ4n) is 3.95. The zero-order valence-electron chi connectivity index (χ0n) is 15.8. The molecule has 28 heavy (non-hydrogen) atoms. The highest BCUT2D eigenvalue weighted by atomic mass is 32.2. The lowest BCUT2D eigenvalue weighted by atomic mass is 9.97. The summed E-state index contributed by atoms with van der Waals surface area (Å²) in [6.07, 6.45) is 1.73. The first-order valence-electron chi connectivity index (χ1n) is 9.57. The molecule has 2 aliphatic rings. The second-order valence-corrected chi connectivity index (χ2v) is 9.95. The van der Waals surface area contributed by atoms with E-state index in [2.05, 4.69) is 18.4 Å². The number of nitrogens with zero attached hydrogens (tertiary/aromatic N) is 2. The van der Waals surface area contributed by atoms with Crippen LogP contribution >= 0.6 is 11.3 Å². The molecule has 1 aromatic heterocycles. The quantitative estimate of drug-likeness (QED) is 0.763.